The van der Waals surface area contributed by atoms with Crippen molar-refractivity contribution in [3.63, 3.8) is 0 Å². The summed E-state index contributed by atoms with van der Waals surface area (Å²) < 4.78 is 0. The Labute approximate surface area is 197 Å². The third-order valence-electron chi connectivity index (χ3n) is 5.86. The second kappa shape index (κ2) is 11.0. The second-order valence-corrected chi connectivity index (χ2v) is 8.61. The minimum atomic E-state index is -0.0994. The van der Waals surface area contributed by atoms with Crippen LogP contribution in [0.3, 0.4) is 0 Å². The number of aromatic nitrogens is 3. The minimum absolute atomic E-state index is 0.0994. The van der Waals surface area contributed by atoms with E-state index in [1.54, 1.807) is 13.1 Å². The number of allylic oxidation sites excluding steroid dienone is 6. The Hall–Kier alpha value is -3.31. The fourth-order valence-corrected chi connectivity index (χ4v) is 4.02. The first-order chi connectivity index (χ1) is 15.8. The minimum Gasteiger partial charge on any atom is -0.307 e. The molecule has 5 nitrogen and oxygen atoms in total. The van der Waals surface area contributed by atoms with E-state index in [0.717, 1.165) is 41.8 Å². The molecular weight excluding hydrogens is 408 g/mol. The number of hydrogen-bond acceptors (Lipinski definition) is 4. The molecule has 1 unspecified atom stereocenters. The van der Waals surface area contributed by atoms with Crippen LogP contribution in [0.1, 0.15) is 55.9 Å². The van der Waals surface area contributed by atoms with Gasteiger partial charge in [0.2, 0.25) is 0 Å². The molecule has 33 heavy (non-hydrogen) atoms. The van der Waals surface area contributed by atoms with E-state index in [0.29, 0.717) is 11.4 Å². The first kappa shape index (κ1) is 24.3. The molecule has 0 aromatic carbocycles. The fraction of sp³-hybridized carbons (Fsp3) is 0.321. The molecule has 1 atom stereocenters. The summed E-state index contributed by atoms with van der Waals surface area (Å²) in [5, 5.41) is 0. The van der Waals surface area contributed by atoms with E-state index in [9.17, 15) is 4.79 Å². The molecule has 0 bridgehead atoms. The number of pyridine rings is 1. The van der Waals surface area contributed by atoms with Crippen molar-refractivity contribution in [2.75, 3.05) is 6.54 Å². The summed E-state index contributed by atoms with van der Waals surface area (Å²) in [7, 11) is 0. The van der Waals surface area contributed by atoms with Gasteiger partial charge in [-0.1, -0.05) is 42.5 Å². The van der Waals surface area contributed by atoms with E-state index in [1.807, 2.05) is 39.1 Å². The van der Waals surface area contributed by atoms with Gasteiger partial charge in [0, 0.05) is 54.8 Å². The van der Waals surface area contributed by atoms with Crippen LogP contribution in [0.15, 0.2) is 71.4 Å². The van der Waals surface area contributed by atoms with E-state index < -0.39 is 0 Å². The average molecular weight is 443 g/mol. The molecule has 0 amide bonds. The molecular formula is C28H34N4O. The average Bonchev–Trinajstić information content (AvgIpc) is 2.79. The largest absolute Gasteiger partial charge is 0.307 e. The maximum absolute atomic E-state index is 12.0. The lowest BCUT2D eigenvalue weighted by molar-refractivity contribution is 0.230. The molecule has 1 aliphatic heterocycles. The van der Waals surface area contributed by atoms with Gasteiger partial charge in [0.25, 0.3) is 5.56 Å². The third-order valence-corrected chi connectivity index (χ3v) is 5.86. The summed E-state index contributed by atoms with van der Waals surface area (Å²) in [6.45, 7) is 15.6. The van der Waals surface area contributed by atoms with Crippen molar-refractivity contribution < 1.29 is 0 Å². The van der Waals surface area contributed by atoms with Gasteiger partial charge in [-0.25, -0.2) is 4.98 Å². The zero-order chi connectivity index (χ0) is 24.0. The van der Waals surface area contributed by atoms with E-state index in [2.05, 4.69) is 58.7 Å². The van der Waals surface area contributed by atoms with Crippen molar-refractivity contribution in [1.82, 2.24) is 19.9 Å². The van der Waals surface area contributed by atoms with Crippen LogP contribution in [-0.4, -0.2) is 32.4 Å². The Morgan fingerprint density at radius 3 is 2.67 bits per heavy atom. The summed E-state index contributed by atoms with van der Waals surface area (Å²) in [5.41, 5.74) is 7.35. The quantitative estimate of drug-likeness (QED) is 0.460. The first-order valence-corrected chi connectivity index (χ1v) is 11.4. The second-order valence-electron chi connectivity index (χ2n) is 8.61. The van der Waals surface area contributed by atoms with Crippen LogP contribution in [-0.2, 0) is 13.0 Å². The van der Waals surface area contributed by atoms with Crippen molar-refractivity contribution in [1.29, 1.82) is 0 Å². The Balaban J connectivity index is 1.88. The van der Waals surface area contributed by atoms with Crippen LogP contribution in [0.4, 0.5) is 0 Å². The van der Waals surface area contributed by atoms with Gasteiger partial charge >= 0.3 is 0 Å². The number of hydrogen-bond donors (Lipinski definition) is 1. The predicted octanol–water partition coefficient (Wildman–Crippen LogP) is 5.42. The molecule has 3 heterocycles. The van der Waals surface area contributed by atoms with Gasteiger partial charge in [-0.15, -0.1) is 0 Å². The highest BCUT2D eigenvalue weighted by Crippen LogP contribution is 2.26. The smallest absolute Gasteiger partial charge is 0.254 e. The van der Waals surface area contributed by atoms with Gasteiger partial charge in [0.05, 0.1) is 0 Å². The lowest BCUT2D eigenvalue weighted by Crippen LogP contribution is -2.39. The van der Waals surface area contributed by atoms with E-state index in [1.165, 1.54) is 11.3 Å². The predicted molar refractivity (Wildman–Crippen MR) is 138 cm³/mol. The Morgan fingerprint density at radius 2 is 2.00 bits per heavy atom. The van der Waals surface area contributed by atoms with E-state index >= 15 is 0 Å². The Kier molecular flexibility index (Phi) is 8.12. The molecule has 0 saturated heterocycles. The number of H-pyrrole nitrogens is 1. The van der Waals surface area contributed by atoms with Crippen molar-refractivity contribution >= 4 is 11.6 Å². The molecule has 0 fully saturated rings. The summed E-state index contributed by atoms with van der Waals surface area (Å²) in [5.74, 6) is 0.584. The molecule has 2 aromatic rings. The standard InChI is InChI=1S/C28H34N4O/c1-7-9-26(20(5)14-27-30-16-21(6)28(33)31-27)32-13-12-25-24(18-32)15-23(17-29-25)22(8-2)11-10-19(3)4/h7-11,14-17,26H,3,12-13,18H2,1-2,4-6H3,(H,30,31,33)/b9-7-,11-10-,20-14-,22-8+. The van der Waals surface area contributed by atoms with Crippen molar-refractivity contribution in [3.05, 3.63) is 105 Å². The van der Waals surface area contributed by atoms with E-state index in [-0.39, 0.29) is 11.6 Å². The Bertz CT molecular complexity index is 1200. The highest BCUT2D eigenvalue weighted by Gasteiger charge is 2.24. The number of rotatable bonds is 7. The van der Waals surface area contributed by atoms with Crippen LogP contribution in [0.25, 0.3) is 11.6 Å². The van der Waals surface area contributed by atoms with Gasteiger partial charge < -0.3 is 4.98 Å². The van der Waals surface area contributed by atoms with Gasteiger partial charge in [0.15, 0.2) is 0 Å². The molecule has 1 N–H and O–H groups in total. The molecule has 2 aromatic heterocycles. The van der Waals surface area contributed by atoms with Crippen LogP contribution in [0.5, 0.6) is 0 Å². The summed E-state index contributed by atoms with van der Waals surface area (Å²) >= 11 is 0. The van der Waals surface area contributed by atoms with Gasteiger partial charge in [-0.3, -0.25) is 14.7 Å². The van der Waals surface area contributed by atoms with Crippen LogP contribution >= 0.6 is 0 Å². The lowest BCUT2D eigenvalue weighted by atomic mass is 9.97. The molecule has 0 spiro atoms. The van der Waals surface area contributed by atoms with Crippen molar-refractivity contribution in [2.24, 2.45) is 0 Å². The van der Waals surface area contributed by atoms with Crippen LogP contribution in [0, 0.1) is 6.92 Å². The number of fused-ring (bicyclic) bond motifs is 1. The highest BCUT2D eigenvalue weighted by atomic mass is 16.1. The van der Waals surface area contributed by atoms with Crippen molar-refractivity contribution in [2.45, 2.75) is 53.6 Å². The van der Waals surface area contributed by atoms with Crippen LogP contribution < -0.4 is 5.56 Å². The highest BCUT2D eigenvalue weighted by molar-refractivity contribution is 5.74. The maximum Gasteiger partial charge on any atom is 0.254 e. The first-order valence-electron chi connectivity index (χ1n) is 11.4. The summed E-state index contributed by atoms with van der Waals surface area (Å²) in [4.78, 5) is 26.4. The molecule has 0 radical (unpaired) electrons. The monoisotopic (exact) mass is 442 g/mol. The normalized spacial score (nSPS) is 16.4. The molecule has 0 aliphatic carbocycles. The zero-order valence-corrected chi connectivity index (χ0v) is 20.4. The van der Waals surface area contributed by atoms with Gasteiger partial charge in [-0.05, 0) is 63.5 Å². The molecule has 3 rings (SSSR count). The maximum atomic E-state index is 12.0. The third kappa shape index (κ3) is 6.14. The number of nitrogens with one attached hydrogen (secondary N) is 1. The molecule has 172 valence electrons. The zero-order valence-electron chi connectivity index (χ0n) is 20.4. The fourth-order valence-electron chi connectivity index (χ4n) is 4.02. The van der Waals surface area contributed by atoms with Gasteiger partial charge in [-0.2, -0.15) is 0 Å². The van der Waals surface area contributed by atoms with Gasteiger partial charge in [0.1, 0.15) is 5.82 Å². The van der Waals surface area contributed by atoms with E-state index in [4.69, 9.17) is 4.98 Å². The number of aryl methyl sites for hydroxylation is 1. The molecule has 5 heteroatoms. The summed E-state index contributed by atoms with van der Waals surface area (Å²) in [6.07, 6.45) is 17.0. The molecule has 1 aliphatic rings. The molecule has 0 saturated carbocycles. The SMILES string of the molecule is C=C(C)/C=C\C(=C/C)c1cnc2c(c1)CN(C(/C=C\C)/C(C)=C\c1ncc(C)c(=O)[nH]1)CC2. The van der Waals surface area contributed by atoms with Crippen LogP contribution in [0.2, 0.25) is 0 Å². The van der Waals surface area contributed by atoms with Crippen molar-refractivity contribution in [3.8, 4) is 0 Å². The number of aromatic amines is 1. The number of nitrogens with zero attached hydrogens (tertiary/aromatic N) is 3. The Morgan fingerprint density at radius 1 is 1.21 bits per heavy atom. The summed E-state index contributed by atoms with van der Waals surface area (Å²) in [6, 6.07) is 2.38. The lowest BCUT2D eigenvalue weighted by Gasteiger charge is -2.34. The topological polar surface area (TPSA) is 61.9 Å².